The molecule has 2 aromatic carbocycles. The minimum atomic E-state index is -2.35. The topological polar surface area (TPSA) is 137 Å². The first kappa shape index (κ1) is 49.1. The van der Waals surface area contributed by atoms with E-state index in [1.165, 1.54) is 0 Å². The van der Waals surface area contributed by atoms with Gasteiger partial charge < -0.3 is 61.6 Å². The fraction of sp³-hybridized carbons (Fsp3) is 0.649. The van der Waals surface area contributed by atoms with Crippen molar-refractivity contribution < 1.29 is 88.3 Å². The largest absolute Gasteiger partial charge is 0.491 e. The molecule has 0 amide bonds. The Labute approximate surface area is 323 Å². The van der Waals surface area contributed by atoms with Gasteiger partial charge in [-0.1, -0.05) is 18.2 Å². The summed E-state index contributed by atoms with van der Waals surface area (Å²) in [4.78, 5) is 11.7. The van der Waals surface area contributed by atoms with Gasteiger partial charge in [0.15, 0.2) is 0 Å². The molecule has 0 aliphatic carbocycles. The second-order valence-corrected chi connectivity index (χ2v) is 11.0. The van der Waals surface area contributed by atoms with E-state index in [4.69, 9.17) is 56.8 Å². The molecule has 0 fully saturated rings. The van der Waals surface area contributed by atoms with Crippen molar-refractivity contribution in [3.05, 3.63) is 59.4 Å². The van der Waals surface area contributed by atoms with Crippen LogP contribution in [0.1, 0.15) is 6.42 Å². The molecule has 0 N–H and O–H groups in total. The molecule has 0 saturated heterocycles. The average molecular weight is 817 g/mol. The van der Waals surface area contributed by atoms with Crippen LogP contribution in [0.2, 0.25) is 0 Å². The molecule has 14 nitrogen and oxygen atoms in total. The van der Waals surface area contributed by atoms with Crippen molar-refractivity contribution in [1.82, 2.24) is 0 Å². The number of rotatable bonds is 38. The van der Waals surface area contributed by atoms with Crippen LogP contribution in [-0.2, 0) is 56.9 Å². The van der Waals surface area contributed by atoms with Crippen molar-refractivity contribution in [2.75, 3.05) is 152 Å². The summed E-state index contributed by atoms with van der Waals surface area (Å²) in [6.45, 7) is 8.71. The Hall–Kier alpha value is -3.08. The summed E-state index contributed by atoms with van der Waals surface area (Å²) < 4.78 is 136. The maximum absolute atomic E-state index is 13.6. The molecule has 0 unspecified atom stereocenters. The van der Waals surface area contributed by atoms with E-state index in [1.54, 1.807) is 0 Å². The lowest BCUT2D eigenvalue weighted by molar-refractivity contribution is -0.136. The predicted octanol–water partition coefficient (Wildman–Crippen LogP) is 3.94. The zero-order valence-electron chi connectivity index (χ0n) is 31.5. The SMILES string of the molecule is O=C(CCOCCOCCOCCOCCOCCOCCOCCOCCOCCOCCOCCOc1ccccc1)Oc1c(F)c(F)c(F)c(F)c1F. The number of ether oxygens (including phenoxy) is 13. The maximum atomic E-state index is 13.6. The number of para-hydroxylation sites is 1. The molecule has 0 aromatic heterocycles. The second kappa shape index (κ2) is 34.0. The van der Waals surface area contributed by atoms with E-state index in [0.29, 0.717) is 126 Å². The van der Waals surface area contributed by atoms with Crippen LogP contribution in [0.4, 0.5) is 22.0 Å². The van der Waals surface area contributed by atoms with E-state index < -0.39 is 47.2 Å². The van der Waals surface area contributed by atoms with E-state index in [0.717, 1.165) is 5.75 Å². The van der Waals surface area contributed by atoms with Crippen LogP contribution < -0.4 is 9.47 Å². The van der Waals surface area contributed by atoms with E-state index in [1.807, 2.05) is 30.3 Å². The monoisotopic (exact) mass is 816 g/mol. The summed E-state index contributed by atoms with van der Waals surface area (Å²) in [6.07, 6.45) is -0.489. The van der Waals surface area contributed by atoms with Crippen molar-refractivity contribution in [2.45, 2.75) is 6.42 Å². The smallest absolute Gasteiger partial charge is 0.313 e. The van der Waals surface area contributed by atoms with Gasteiger partial charge >= 0.3 is 5.97 Å². The van der Waals surface area contributed by atoms with Crippen LogP contribution in [0.25, 0.3) is 0 Å². The van der Waals surface area contributed by atoms with E-state index in [2.05, 4.69) is 4.74 Å². The molecule has 0 saturated carbocycles. The third-order valence-corrected chi connectivity index (χ3v) is 6.80. The Morgan fingerprint density at radius 1 is 0.357 bits per heavy atom. The highest BCUT2D eigenvalue weighted by Gasteiger charge is 2.28. The second-order valence-electron chi connectivity index (χ2n) is 11.0. The third-order valence-electron chi connectivity index (χ3n) is 6.80. The summed E-state index contributed by atoms with van der Waals surface area (Å²) in [5.74, 6) is -13.3. The van der Waals surface area contributed by atoms with Crippen molar-refractivity contribution >= 4 is 5.97 Å². The van der Waals surface area contributed by atoms with E-state index in [9.17, 15) is 26.7 Å². The Kier molecular flexibility index (Phi) is 29.8. The molecular weight excluding hydrogens is 763 g/mol. The zero-order valence-corrected chi connectivity index (χ0v) is 31.5. The van der Waals surface area contributed by atoms with Crippen LogP contribution in [0.5, 0.6) is 11.5 Å². The first-order valence-electron chi connectivity index (χ1n) is 18.2. The predicted molar refractivity (Wildman–Crippen MR) is 187 cm³/mol. The Morgan fingerprint density at radius 3 is 0.946 bits per heavy atom. The molecule has 19 heteroatoms. The van der Waals surface area contributed by atoms with Crippen LogP contribution in [-0.4, -0.2) is 158 Å². The van der Waals surface area contributed by atoms with Gasteiger partial charge in [0.25, 0.3) is 0 Å². The van der Waals surface area contributed by atoms with Crippen LogP contribution in [0.3, 0.4) is 0 Å². The van der Waals surface area contributed by atoms with Gasteiger partial charge in [0.2, 0.25) is 34.8 Å². The molecule has 0 aliphatic heterocycles. The van der Waals surface area contributed by atoms with Gasteiger partial charge in [-0.05, 0) is 12.1 Å². The molecule has 2 rings (SSSR count). The lowest BCUT2D eigenvalue weighted by Crippen LogP contribution is -2.16. The van der Waals surface area contributed by atoms with Crippen molar-refractivity contribution in [1.29, 1.82) is 0 Å². The van der Waals surface area contributed by atoms with Gasteiger partial charge in [0.05, 0.1) is 152 Å². The summed E-state index contributed by atoms with van der Waals surface area (Å²) in [7, 11) is 0. The highest BCUT2D eigenvalue weighted by Crippen LogP contribution is 2.29. The number of carbonyl (C=O) groups excluding carboxylic acids is 1. The average Bonchev–Trinajstić information content (AvgIpc) is 3.21. The minimum Gasteiger partial charge on any atom is -0.491 e. The number of halogens is 5. The summed E-state index contributed by atoms with van der Waals surface area (Å²) in [5, 5.41) is 0. The fourth-order valence-electron chi connectivity index (χ4n) is 4.03. The Bertz CT molecular complexity index is 1240. The number of esters is 1. The molecule has 0 heterocycles. The lowest BCUT2D eigenvalue weighted by atomic mass is 10.2. The van der Waals surface area contributed by atoms with Gasteiger partial charge in [-0.2, -0.15) is 8.78 Å². The molecule has 56 heavy (non-hydrogen) atoms. The third kappa shape index (κ3) is 24.5. The quantitative estimate of drug-likeness (QED) is 0.0242. The van der Waals surface area contributed by atoms with Gasteiger partial charge in [0.1, 0.15) is 12.4 Å². The summed E-state index contributed by atoms with van der Waals surface area (Å²) in [5.41, 5.74) is 0. The van der Waals surface area contributed by atoms with E-state index in [-0.39, 0.29) is 26.4 Å². The first-order chi connectivity index (χ1) is 27.4. The van der Waals surface area contributed by atoms with Crippen molar-refractivity contribution in [3.63, 3.8) is 0 Å². The van der Waals surface area contributed by atoms with Crippen LogP contribution in [0.15, 0.2) is 30.3 Å². The first-order valence-corrected chi connectivity index (χ1v) is 18.2. The Morgan fingerprint density at radius 2 is 0.625 bits per heavy atom. The van der Waals surface area contributed by atoms with E-state index >= 15 is 0 Å². The molecule has 0 aliphatic rings. The van der Waals surface area contributed by atoms with Gasteiger partial charge in [0, 0.05) is 0 Å². The maximum Gasteiger partial charge on any atom is 0.313 e. The minimum absolute atomic E-state index is 0.0781. The molecule has 0 spiro atoms. The number of benzene rings is 2. The number of hydrogen-bond acceptors (Lipinski definition) is 14. The molecular formula is C37H53F5O14. The normalized spacial score (nSPS) is 11.4. The van der Waals surface area contributed by atoms with Crippen LogP contribution in [0, 0.1) is 29.1 Å². The summed E-state index contributed by atoms with van der Waals surface area (Å²) in [6, 6.07) is 9.59. The number of carbonyl (C=O) groups is 1. The van der Waals surface area contributed by atoms with Gasteiger partial charge in [-0.15, -0.1) is 0 Å². The van der Waals surface area contributed by atoms with Gasteiger partial charge in [-0.3, -0.25) is 4.79 Å². The highest BCUT2D eigenvalue weighted by molar-refractivity contribution is 5.72. The van der Waals surface area contributed by atoms with Gasteiger partial charge in [-0.25, -0.2) is 13.2 Å². The Balaban J connectivity index is 1.19. The molecule has 320 valence electrons. The lowest BCUT2D eigenvalue weighted by Gasteiger charge is -2.09. The zero-order chi connectivity index (χ0) is 40.3. The summed E-state index contributed by atoms with van der Waals surface area (Å²) >= 11 is 0. The van der Waals surface area contributed by atoms with Crippen LogP contribution >= 0.6 is 0 Å². The molecule has 0 atom stereocenters. The number of hydrogen-bond donors (Lipinski definition) is 0. The highest BCUT2D eigenvalue weighted by atomic mass is 19.2. The molecule has 2 aromatic rings. The van der Waals surface area contributed by atoms with Crippen molar-refractivity contribution in [3.8, 4) is 11.5 Å². The molecule has 0 bridgehead atoms. The fourth-order valence-corrected chi connectivity index (χ4v) is 4.03. The molecule has 0 radical (unpaired) electrons. The van der Waals surface area contributed by atoms with Crippen molar-refractivity contribution in [2.24, 2.45) is 0 Å². The standard InChI is InChI=1S/C37H53F5O14/c38-32-33(39)35(41)37(36(42)34(32)40)56-31(43)6-7-44-8-9-45-10-11-46-12-13-47-14-15-48-16-17-49-18-19-50-20-21-51-22-23-52-24-25-53-26-27-54-28-29-55-30-4-2-1-3-5-30/h1-5H,6-29H2.